The normalized spacial score (nSPS) is 22.6. The molecule has 0 unspecified atom stereocenters. The lowest BCUT2D eigenvalue weighted by Crippen LogP contribution is -2.64. The Hall–Kier alpha value is -4.28. The Morgan fingerprint density at radius 3 is 2.14 bits per heavy atom. The van der Waals surface area contributed by atoms with Gasteiger partial charge in [0.25, 0.3) is 0 Å². The van der Waals surface area contributed by atoms with Crippen molar-refractivity contribution in [3.63, 3.8) is 0 Å². The topological polar surface area (TPSA) is 213 Å². The van der Waals surface area contributed by atoms with E-state index in [9.17, 15) is 28.8 Å². The molecule has 1 fully saturated rings. The van der Waals surface area contributed by atoms with Gasteiger partial charge in [-0.2, -0.15) is 0 Å². The van der Waals surface area contributed by atoms with Crippen LogP contribution >= 0.6 is 0 Å². The monoisotopic (exact) mass is 599 g/mol. The van der Waals surface area contributed by atoms with Gasteiger partial charge in [-0.15, -0.1) is 5.10 Å². The zero-order valence-corrected chi connectivity index (χ0v) is 24.7. The standard InChI is InChI=1S/C25H37N5O12/c1-12(31)26-19-21(40-15(4)34)20(39-14(3)33)18(11-38-13(2)32)41-22(19)30-10-16(28-29-30)9-17(23(35)37-8)27-24(36)42-25(5,6)7/h10,17-22H,9,11H2,1-8H3,(H,26,31)(H,27,36)/t17-,18-,19-,20+,21-,22-/m1/s1. The van der Waals surface area contributed by atoms with Crippen molar-refractivity contribution in [3.05, 3.63) is 11.9 Å². The van der Waals surface area contributed by atoms with E-state index in [2.05, 4.69) is 20.9 Å². The molecule has 0 bridgehead atoms. The van der Waals surface area contributed by atoms with Crippen LogP contribution in [0.1, 0.15) is 60.4 Å². The SMILES string of the molecule is COC(=O)[C@@H](Cc1cn([C@@H]2O[C@H](COC(C)=O)[C@H](OC(C)=O)[C@H](OC(C)=O)[C@H]2NC(C)=O)nn1)NC(=O)OC(C)(C)C. The van der Waals surface area contributed by atoms with Gasteiger partial charge in [0.1, 0.15) is 30.4 Å². The number of hydrogen-bond donors (Lipinski definition) is 2. The maximum absolute atomic E-state index is 12.4. The molecule has 1 aliphatic rings. The van der Waals surface area contributed by atoms with Gasteiger partial charge in [-0.1, -0.05) is 5.21 Å². The Morgan fingerprint density at radius 2 is 1.62 bits per heavy atom. The van der Waals surface area contributed by atoms with Crippen LogP contribution in [0.25, 0.3) is 0 Å². The first-order chi connectivity index (χ1) is 19.5. The molecule has 0 saturated carbocycles. The Morgan fingerprint density at radius 1 is 1.00 bits per heavy atom. The molecule has 234 valence electrons. The van der Waals surface area contributed by atoms with Crippen molar-refractivity contribution in [1.82, 2.24) is 25.6 Å². The fourth-order valence-corrected chi connectivity index (χ4v) is 4.06. The minimum atomic E-state index is -1.31. The fraction of sp³-hybridized carbons (Fsp3) is 0.680. The van der Waals surface area contributed by atoms with Crippen molar-refractivity contribution < 1.29 is 57.2 Å². The van der Waals surface area contributed by atoms with Gasteiger partial charge in [0, 0.05) is 34.1 Å². The van der Waals surface area contributed by atoms with Crippen LogP contribution in [0.5, 0.6) is 0 Å². The molecule has 42 heavy (non-hydrogen) atoms. The predicted molar refractivity (Wildman–Crippen MR) is 138 cm³/mol. The maximum atomic E-state index is 12.4. The zero-order chi connectivity index (χ0) is 31.8. The third-order valence-electron chi connectivity index (χ3n) is 5.50. The lowest BCUT2D eigenvalue weighted by molar-refractivity contribution is -0.239. The number of nitrogens with zero attached hydrogens (tertiary/aromatic N) is 3. The average molecular weight is 600 g/mol. The molecule has 0 aromatic carbocycles. The number of ether oxygens (including phenoxy) is 6. The van der Waals surface area contributed by atoms with Crippen molar-refractivity contribution in [3.8, 4) is 0 Å². The number of hydrogen-bond acceptors (Lipinski definition) is 14. The first kappa shape index (κ1) is 33.9. The van der Waals surface area contributed by atoms with E-state index >= 15 is 0 Å². The Labute approximate surface area is 241 Å². The second kappa shape index (κ2) is 14.6. The molecular formula is C25H37N5O12. The van der Waals surface area contributed by atoms with Crippen LogP contribution in [0, 0.1) is 0 Å². The number of carbonyl (C=O) groups is 6. The molecule has 1 aliphatic heterocycles. The second-order valence-electron chi connectivity index (χ2n) is 10.4. The summed E-state index contributed by atoms with van der Waals surface area (Å²) in [7, 11) is 1.15. The largest absolute Gasteiger partial charge is 0.467 e. The highest BCUT2D eigenvalue weighted by Gasteiger charge is 2.51. The van der Waals surface area contributed by atoms with Gasteiger partial charge in [0.15, 0.2) is 18.4 Å². The molecule has 6 atom stereocenters. The van der Waals surface area contributed by atoms with Crippen molar-refractivity contribution in [2.45, 2.75) is 97.1 Å². The van der Waals surface area contributed by atoms with Crippen LogP contribution in [-0.4, -0.2) is 101 Å². The molecule has 17 heteroatoms. The highest BCUT2D eigenvalue weighted by atomic mass is 16.6. The lowest BCUT2D eigenvalue weighted by atomic mass is 9.95. The number of rotatable bonds is 10. The third-order valence-corrected chi connectivity index (χ3v) is 5.50. The molecule has 2 amide bonds. The average Bonchev–Trinajstić information content (AvgIpc) is 3.30. The van der Waals surface area contributed by atoms with Crippen LogP contribution < -0.4 is 10.6 Å². The molecule has 2 heterocycles. The molecule has 1 saturated heterocycles. The van der Waals surface area contributed by atoms with Gasteiger partial charge < -0.3 is 39.1 Å². The van der Waals surface area contributed by atoms with Crippen molar-refractivity contribution in [2.75, 3.05) is 13.7 Å². The molecule has 1 aromatic heterocycles. The van der Waals surface area contributed by atoms with E-state index in [0.29, 0.717) is 0 Å². The predicted octanol–water partition coefficient (Wildman–Crippen LogP) is -0.284. The summed E-state index contributed by atoms with van der Waals surface area (Å²) < 4.78 is 33.2. The van der Waals surface area contributed by atoms with Crippen molar-refractivity contribution in [1.29, 1.82) is 0 Å². The summed E-state index contributed by atoms with van der Waals surface area (Å²) in [5.41, 5.74) is -0.634. The highest BCUT2D eigenvalue weighted by molar-refractivity contribution is 5.81. The number of aromatic nitrogens is 3. The molecule has 2 N–H and O–H groups in total. The lowest BCUT2D eigenvalue weighted by Gasteiger charge is -2.45. The summed E-state index contributed by atoms with van der Waals surface area (Å²) in [4.78, 5) is 72.4. The molecular weight excluding hydrogens is 562 g/mol. The molecule has 1 aromatic rings. The highest BCUT2D eigenvalue weighted by Crippen LogP contribution is 2.32. The number of nitrogens with one attached hydrogen (secondary N) is 2. The van der Waals surface area contributed by atoms with Crippen LogP contribution in [-0.2, 0) is 58.8 Å². The third kappa shape index (κ3) is 10.3. The van der Waals surface area contributed by atoms with Gasteiger partial charge in [-0.3, -0.25) is 19.2 Å². The molecule has 2 rings (SSSR count). The Balaban J connectivity index is 2.46. The van der Waals surface area contributed by atoms with E-state index in [4.69, 9.17) is 28.4 Å². The number of carbonyl (C=O) groups excluding carboxylic acids is 6. The minimum Gasteiger partial charge on any atom is -0.467 e. The Bertz CT molecular complexity index is 1160. The number of amides is 2. The van der Waals surface area contributed by atoms with E-state index in [1.54, 1.807) is 20.8 Å². The van der Waals surface area contributed by atoms with E-state index in [-0.39, 0.29) is 12.1 Å². The van der Waals surface area contributed by atoms with E-state index in [0.717, 1.165) is 27.9 Å². The fourth-order valence-electron chi connectivity index (χ4n) is 4.06. The maximum Gasteiger partial charge on any atom is 0.408 e. The first-order valence-electron chi connectivity index (χ1n) is 12.9. The van der Waals surface area contributed by atoms with Gasteiger partial charge >= 0.3 is 30.0 Å². The zero-order valence-electron chi connectivity index (χ0n) is 24.7. The molecule has 0 aliphatic carbocycles. The van der Waals surface area contributed by atoms with Gasteiger partial charge in [-0.05, 0) is 20.8 Å². The summed E-state index contributed by atoms with van der Waals surface area (Å²) in [6, 6.07) is -2.37. The smallest absolute Gasteiger partial charge is 0.408 e. The molecule has 0 radical (unpaired) electrons. The van der Waals surface area contributed by atoms with Gasteiger partial charge in [0.2, 0.25) is 5.91 Å². The summed E-state index contributed by atoms with van der Waals surface area (Å²) in [6.45, 7) is 9.20. The first-order valence-corrected chi connectivity index (χ1v) is 12.9. The van der Waals surface area contributed by atoms with Crippen LogP contribution in [0.4, 0.5) is 4.79 Å². The number of alkyl carbamates (subject to hydrolysis) is 1. The molecule has 0 spiro atoms. The van der Waals surface area contributed by atoms with Crippen LogP contribution in [0.15, 0.2) is 6.20 Å². The van der Waals surface area contributed by atoms with E-state index in [1.165, 1.54) is 17.8 Å². The van der Waals surface area contributed by atoms with Crippen LogP contribution in [0.3, 0.4) is 0 Å². The van der Waals surface area contributed by atoms with E-state index in [1.807, 2.05) is 0 Å². The number of esters is 4. The van der Waals surface area contributed by atoms with E-state index < -0.39 is 84.7 Å². The Kier molecular flexibility index (Phi) is 11.8. The second-order valence-corrected chi connectivity index (χ2v) is 10.4. The van der Waals surface area contributed by atoms with Gasteiger partial charge in [-0.25, -0.2) is 14.3 Å². The minimum absolute atomic E-state index is 0.177. The van der Waals surface area contributed by atoms with Crippen LogP contribution in [0.2, 0.25) is 0 Å². The number of methoxy groups -OCH3 is 1. The summed E-state index contributed by atoms with van der Waals surface area (Å²) in [5.74, 6) is -3.48. The summed E-state index contributed by atoms with van der Waals surface area (Å²) in [5, 5.41) is 13.1. The van der Waals surface area contributed by atoms with Crippen molar-refractivity contribution in [2.24, 2.45) is 0 Å². The van der Waals surface area contributed by atoms with Gasteiger partial charge in [0.05, 0.1) is 19.0 Å². The van der Waals surface area contributed by atoms with Crippen molar-refractivity contribution >= 4 is 35.9 Å². The quantitative estimate of drug-likeness (QED) is 0.261. The summed E-state index contributed by atoms with van der Waals surface area (Å²) in [6.07, 6.45) is -4.66. The molecule has 17 nitrogen and oxygen atoms in total. The summed E-state index contributed by atoms with van der Waals surface area (Å²) >= 11 is 0.